The summed E-state index contributed by atoms with van der Waals surface area (Å²) in [4.78, 5) is 0. The molecule has 0 heterocycles. The Morgan fingerprint density at radius 3 is 1.96 bits per heavy atom. The minimum absolute atomic E-state index is 0.167. The molecule has 1 aromatic carbocycles. The van der Waals surface area contributed by atoms with Crippen LogP contribution in [0.5, 0.6) is 0 Å². The summed E-state index contributed by atoms with van der Waals surface area (Å²) in [5.74, 6) is -0.167. The van der Waals surface area contributed by atoms with Crippen molar-refractivity contribution >= 4 is 8.80 Å². The maximum absolute atomic E-state index is 13.2. The van der Waals surface area contributed by atoms with Gasteiger partial charge in [0.05, 0.1) is 0 Å². The molecule has 0 unspecified atom stereocenters. The summed E-state index contributed by atoms with van der Waals surface area (Å²) in [6.07, 6.45) is 5.71. The number of hydrogen-bond donors (Lipinski definition) is 0. The van der Waals surface area contributed by atoms with Gasteiger partial charge < -0.3 is 13.3 Å². The molecule has 0 amide bonds. The number of aryl methyl sites for hydroxylation is 1. The molecular weight excluding hydrogens is 323 g/mol. The van der Waals surface area contributed by atoms with Gasteiger partial charge in [-0.15, -0.1) is 0 Å². The molecule has 0 saturated carbocycles. The minimum atomic E-state index is -2.58. The summed E-state index contributed by atoms with van der Waals surface area (Å²) in [5, 5.41) is 0. The van der Waals surface area contributed by atoms with Gasteiger partial charge in [-0.25, -0.2) is 4.39 Å². The van der Waals surface area contributed by atoms with Crippen molar-refractivity contribution in [1.29, 1.82) is 0 Å². The summed E-state index contributed by atoms with van der Waals surface area (Å²) in [6, 6.07) is 7.67. The maximum atomic E-state index is 13.2. The molecule has 0 aliphatic heterocycles. The van der Waals surface area contributed by atoms with Crippen molar-refractivity contribution in [1.82, 2.24) is 0 Å². The van der Waals surface area contributed by atoms with Crippen LogP contribution in [0.1, 0.15) is 58.4 Å². The van der Waals surface area contributed by atoms with E-state index < -0.39 is 8.80 Å². The lowest BCUT2D eigenvalue weighted by Gasteiger charge is -2.29. The van der Waals surface area contributed by atoms with Gasteiger partial charge in [0.25, 0.3) is 0 Å². The van der Waals surface area contributed by atoms with E-state index >= 15 is 0 Å². The fourth-order valence-corrected chi connectivity index (χ4v) is 5.39. The zero-order valence-corrected chi connectivity index (χ0v) is 16.5. The first-order valence-corrected chi connectivity index (χ1v) is 11.2. The molecule has 1 aromatic rings. The summed E-state index contributed by atoms with van der Waals surface area (Å²) in [7, 11) is -2.58. The second-order valence-corrected chi connectivity index (χ2v) is 8.80. The quantitative estimate of drug-likeness (QED) is 0.331. The first kappa shape index (κ1) is 21.3. The minimum Gasteiger partial charge on any atom is -0.373 e. The van der Waals surface area contributed by atoms with Crippen molar-refractivity contribution in [3.05, 3.63) is 35.6 Å². The lowest BCUT2D eigenvalue weighted by atomic mass is 10.1. The van der Waals surface area contributed by atoms with Gasteiger partial charge in [0.2, 0.25) is 0 Å². The van der Waals surface area contributed by atoms with Crippen LogP contribution < -0.4 is 0 Å². The zero-order chi connectivity index (χ0) is 17.7. The molecule has 0 spiro atoms. The molecule has 0 fully saturated rings. The van der Waals surface area contributed by atoms with E-state index in [2.05, 4.69) is 20.8 Å². The predicted octanol–water partition coefficient (Wildman–Crippen LogP) is 5.37. The summed E-state index contributed by atoms with van der Waals surface area (Å²) >= 11 is 0. The van der Waals surface area contributed by atoms with E-state index in [-0.39, 0.29) is 5.82 Å². The largest absolute Gasteiger partial charge is 0.500 e. The third-order valence-electron chi connectivity index (χ3n) is 3.67. The van der Waals surface area contributed by atoms with E-state index in [1.165, 1.54) is 6.07 Å². The molecule has 0 bridgehead atoms. The number of rotatable bonds is 14. The summed E-state index contributed by atoms with van der Waals surface area (Å²) in [6.45, 7) is 8.35. The first-order valence-electron chi connectivity index (χ1n) is 9.32. The van der Waals surface area contributed by atoms with Crippen LogP contribution in [0.25, 0.3) is 0 Å². The van der Waals surface area contributed by atoms with Crippen LogP contribution in [0.4, 0.5) is 4.39 Å². The van der Waals surface area contributed by atoms with Gasteiger partial charge in [-0.2, -0.15) is 0 Å². The van der Waals surface area contributed by atoms with Crippen molar-refractivity contribution in [2.45, 2.75) is 65.3 Å². The molecule has 24 heavy (non-hydrogen) atoms. The highest BCUT2D eigenvalue weighted by Gasteiger charge is 2.40. The fraction of sp³-hybridized carbons (Fsp3) is 0.684. The molecule has 3 nitrogen and oxygen atoms in total. The fourth-order valence-electron chi connectivity index (χ4n) is 2.48. The normalized spacial score (nSPS) is 11.8. The standard InChI is InChI=1S/C19H33FO3Si/c1-4-13-21-24(22-14-5-2,23-15-6-3)16-8-7-10-18-11-9-12-19(20)17-18/h9,11-12,17H,4-8,10,13-16H2,1-3H3. The molecular formula is C19H33FO3Si. The lowest BCUT2D eigenvalue weighted by Crippen LogP contribution is -2.46. The second-order valence-electron chi connectivity index (χ2n) is 6.07. The van der Waals surface area contributed by atoms with E-state index in [0.29, 0.717) is 19.8 Å². The Kier molecular flexibility index (Phi) is 11.2. The highest BCUT2D eigenvalue weighted by Crippen LogP contribution is 2.21. The molecule has 5 heteroatoms. The van der Waals surface area contributed by atoms with Gasteiger partial charge in [-0.3, -0.25) is 0 Å². The van der Waals surface area contributed by atoms with Gasteiger partial charge in [0.1, 0.15) is 5.82 Å². The smallest absolute Gasteiger partial charge is 0.373 e. The molecule has 138 valence electrons. The predicted molar refractivity (Wildman–Crippen MR) is 98.6 cm³/mol. The van der Waals surface area contributed by atoms with Crippen molar-refractivity contribution in [3.8, 4) is 0 Å². The molecule has 0 saturated heterocycles. The van der Waals surface area contributed by atoms with Crippen molar-refractivity contribution in [3.63, 3.8) is 0 Å². The van der Waals surface area contributed by atoms with E-state index in [4.69, 9.17) is 13.3 Å². The van der Waals surface area contributed by atoms with Crippen LogP contribution in [-0.2, 0) is 19.7 Å². The second kappa shape index (κ2) is 12.6. The van der Waals surface area contributed by atoms with Crippen LogP contribution in [0, 0.1) is 5.82 Å². The first-order chi connectivity index (χ1) is 11.7. The van der Waals surface area contributed by atoms with Crippen LogP contribution >= 0.6 is 0 Å². The number of benzene rings is 1. The van der Waals surface area contributed by atoms with Crippen molar-refractivity contribution in [2.24, 2.45) is 0 Å². The maximum Gasteiger partial charge on any atom is 0.500 e. The highest BCUT2D eigenvalue weighted by molar-refractivity contribution is 6.60. The lowest BCUT2D eigenvalue weighted by molar-refractivity contribution is 0.0586. The van der Waals surface area contributed by atoms with Crippen LogP contribution in [0.15, 0.2) is 24.3 Å². The molecule has 0 radical (unpaired) electrons. The Morgan fingerprint density at radius 1 is 0.875 bits per heavy atom. The average molecular weight is 357 g/mol. The average Bonchev–Trinajstić information content (AvgIpc) is 2.59. The molecule has 0 atom stereocenters. The van der Waals surface area contributed by atoms with Crippen LogP contribution in [0.3, 0.4) is 0 Å². The van der Waals surface area contributed by atoms with E-state index in [1.54, 1.807) is 12.1 Å². The number of halogens is 1. The van der Waals surface area contributed by atoms with Gasteiger partial charge in [-0.05, 0) is 56.2 Å². The number of hydrogen-bond acceptors (Lipinski definition) is 3. The molecule has 0 aliphatic rings. The third-order valence-corrected chi connectivity index (χ3v) is 6.56. The molecule has 0 aliphatic carbocycles. The Balaban J connectivity index is 2.54. The van der Waals surface area contributed by atoms with Gasteiger partial charge in [-0.1, -0.05) is 32.9 Å². The van der Waals surface area contributed by atoms with Gasteiger partial charge >= 0.3 is 8.80 Å². The Morgan fingerprint density at radius 2 is 1.46 bits per heavy atom. The summed E-state index contributed by atoms with van der Waals surface area (Å²) in [5.41, 5.74) is 1.04. The van der Waals surface area contributed by atoms with Gasteiger partial charge in [0, 0.05) is 25.9 Å². The van der Waals surface area contributed by atoms with E-state index in [1.807, 2.05) is 6.07 Å². The van der Waals surface area contributed by atoms with Crippen molar-refractivity contribution in [2.75, 3.05) is 19.8 Å². The third kappa shape index (κ3) is 8.38. The zero-order valence-electron chi connectivity index (χ0n) is 15.5. The van der Waals surface area contributed by atoms with Crippen molar-refractivity contribution < 1.29 is 17.7 Å². The van der Waals surface area contributed by atoms with E-state index in [0.717, 1.165) is 50.1 Å². The Bertz CT molecular complexity index is 421. The molecule has 0 N–H and O–H groups in total. The van der Waals surface area contributed by atoms with Gasteiger partial charge in [0.15, 0.2) is 0 Å². The molecule has 1 rings (SSSR count). The SMILES string of the molecule is CCCO[Si](CCCCc1cccc(F)c1)(OCCC)OCCC. The topological polar surface area (TPSA) is 27.7 Å². The van der Waals surface area contributed by atoms with Crippen LogP contribution in [-0.4, -0.2) is 28.6 Å². The molecule has 0 aromatic heterocycles. The highest BCUT2D eigenvalue weighted by atomic mass is 28.4. The Hall–Kier alpha value is -0.753. The Labute approximate surface area is 147 Å². The van der Waals surface area contributed by atoms with Crippen LogP contribution in [0.2, 0.25) is 6.04 Å². The summed E-state index contributed by atoms with van der Waals surface area (Å²) < 4.78 is 31.5. The van der Waals surface area contributed by atoms with E-state index in [9.17, 15) is 4.39 Å². The monoisotopic (exact) mass is 356 g/mol. The number of unbranched alkanes of at least 4 members (excludes halogenated alkanes) is 1.